The molecule has 0 saturated heterocycles. The fourth-order valence-electron chi connectivity index (χ4n) is 1.37. The molecule has 0 fully saturated rings. The molecule has 0 unspecified atom stereocenters. The number of thioether (sulfide) groups is 1. The molecule has 15 heavy (non-hydrogen) atoms. The van der Waals surface area contributed by atoms with Gasteiger partial charge in [-0.2, -0.15) is 5.10 Å². The van der Waals surface area contributed by atoms with E-state index in [0.29, 0.717) is 0 Å². The molecule has 0 aliphatic heterocycles. The lowest BCUT2D eigenvalue weighted by Crippen LogP contribution is -2.15. The van der Waals surface area contributed by atoms with Gasteiger partial charge in [0.05, 0.1) is 17.3 Å². The van der Waals surface area contributed by atoms with Crippen LogP contribution in [-0.4, -0.2) is 46.2 Å². The third-order valence-electron chi connectivity index (χ3n) is 2.22. The molecule has 0 aliphatic carbocycles. The molecular weight excluding hydrogens is 210 g/mol. The zero-order valence-corrected chi connectivity index (χ0v) is 10.6. The molecule has 1 aromatic rings. The highest BCUT2D eigenvalue weighted by molar-refractivity contribution is 7.99. The van der Waals surface area contributed by atoms with Gasteiger partial charge in [0.15, 0.2) is 0 Å². The Morgan fingerprint density at radius 2 is 2.13 bits per heavy atom. The minimum atomic E-state index is 0.0734. The summed E-state index contributed by atoms with van der Waals surface area (Å²) in [5.74, 6) is 1.01. The zero-order chi connectivity index (χ0) is 11.4. The third kappa shape index (κ3) is 3.22. The molecule has 4 nitrogen and oxygen atoms in total. The molecule has 0 saturated carbocycles. The molecule has 0 bridgehead atoms. The maximum atomic E-state index is 9.24. The first-order valence-corrected chi connectivity index (χ1v) is 5.95. The summed E-state index contributed by atoms with van der Waals surface area (Å²) in [6.45, 7) is 3.03. The van der Waals surface area contributed by atoms with Crippen molar-refractivity contribution < 1.29 is 5.11 Å². The molecule has 1 rings (SSSR count). The molecule has 0 spiro atoms. The lowest BCUT2D eigenvalue weighted by atomic mass is 10.3. The SMILES string of the molecule is Cc1nn(C)c(SCCN(C)C)c1CO. The number of nitrogens with zero attached hydrogens (tertiary/aromatic N) is 3. The lowest BCUT2D eigenvalue weighted by Gasteiger charge is -2.09. The summed E-state index contributed by atoms with van der Waals surface area (Å²) in [4.78, 5) is 2.15. The summed E-state index contributed by atoms with van der Waals surface area (Å²) in [5, 5.41) is 14.6. The van der Waals surface area contributed by atoms with E-state index in [2.05, 4.69) is 24.1 Å². The van der Waals surface area contributed by atoms with Gasteiger partial charge in [0.2, 0.25) is 0 Å². The number of rotatable bonds is 5. The van der Waals surface area contributed by atoms with Crippen molar-refractivity contribution >= 4 is 11.8 Å². The maximum Gasteiger partial charge on any atom is 0.0995 e. The van der Waals surface area contributed by atoms with E-state index < -0.39 is 0 Å². The predicted molar refractivity (Wildman–Crippen MR) is 63.1 cm³/mol. The van der Waals surface area contributed by atoms with E-state index in [-0.39, 0.29) is 6.61 Å². The summed E-state index contributed by atoms with van der Waals surface area (Å²) in [6.07, 6.45) is 0. The quantitative estimate of drug-likeness (QED) is 0.761. The van der Waals surface area contributed by atoms with Crippen LogP contribution in [-0.2, 0) is 13.7 Å². The Balaban J connectivity index is 2.67. The highest BCUT2D eigenvalue weighted by Gasteiger charge is 2.12. The number of aliphatic hydroxyl groups is 1. The van der Waals surface area contributed by atoms with Gasteiger partial charge in [0, 0.05) is 24.9 Å². The first-order valence-electron chi connectivity index (χ1n) is 4.97. The van der Waals surface area contributed by atoms with Crippen molar-refractivity contribution in [2.45, 2.75) is 18.6 Å². The highest BCUT2D eigenvalue weighted by atomic mass is 32.2. The second-order valence-electron chi connectivity index (χ2n) is 3.80. The van der Waals surface area contributed by atoms with E-state index in [1.165, 1.54) is 0 Å². The predicted octanol–water partition coefficient (Wildman–Crippen LogP) is 0.875. The summed E-state index contributed by atoms with van der Waals surface area (Å²) in [7, 11) is 6.04. The van der Waals surface area contributed by atoms with Gasteiger partial charge in [-0.1, -0.05) is 0 Å². The van der Waals surface area contributed by atoms with Crippen molar-refractivity contribution in [2.24, 2.45) is 7.05 Å². The van der Waals surface area contributed by atoms with Crippen LogP contribution in [0.25, 0.3) is 0 Å². The fraction of sp³-hybridized carbons (Fsp3) is 0.700. The van der Waals surface area contributed by atoms with Crippen LogP contribution in [0.3, 0.4) is 0 Å². The summed E-state index contributed by atoms with van der Waals surface area (Å²) >= 11 is 1.75. The molecule has 0 aliphatic rings. The largest absolute Gasteiger partial charge is 0.392 e. The Kier molecular flexibility index (Phi) is 4.63. The average molecular weight is 229 g/mol. The van der Waals surface area contributed by atoms with Crippen molar-refractivity contribution in [2.75, 3.05) is 26.4 Å². The minimum absolute atomic E-state index is 0.0734. The molecular formula is C10H19N3OS. The lowest BCUT2D eigenvalue weighted by molar-refractivity contribution is 0.277. The van der Waals surface area contributed by atoms with E-state index in [9.17, 15) is 5.11 Å². The van der Waals surface area contributed by atoms with E-state index in [1.54, 1.807) is 11.8 Å². The standard InChI is InChI=1S/C10H19N3OS/c1-8-9(7-14)10(13(4)11-8)15-6-5-12(2)3/h14H,5-7H2,1-4H3. The first-order chi connectivity index (χ1) is 7.06. The molecule has 5 heteroatoms. The van der Waals surface area contributed by atoms with Crippen LogP contribution in [0.15, 0.2) is 5.03 Å². The van der Waals surface area contributed by atoms with Gasteiger partial charge in [0.1, 0.15) is 0 Å². The van der Waals surface area contributed by atoms with Crippen LogP contribution in [0.5, 0.6) is 0 Å². The van der Waals surface area contributed by atoms with Gasteiger partial charge in [0.25, 0.3) is 0 Å². The Bertz CT molecular complexity index is 323. The minimum Gasteiger partial charge on any atom is -0.392 e. The second kappa shape index (κ2) is 5.53. The smallest absolute Gasteiger partial charge is 0.0995 e. The van der Waals surface area contributed by atoms with Gasteiger partial charge in [-0.15, -0.1) is 11.8 Å². The van der Waals surface area contributed by atoms with Crippen molar-refractivity contribution in [3.63, 3.8) is 0 Å². The average Bonchev–Trinajstić information content (AvgIpc) is 2.41. The van der Waals surface area contributed by atoms with Crippen molar-refractivity contribution in [3.8, 4) is 0 Å². The molecule has 0 radical (unpaired) electrons. The van der Waals surface area contributed by atoms with Gasteiger partial charge < -0.3 is 10.0 Å². The Morgan fingerprint density at radius 1 is 1.47 bits per heavy atom. The number of hydrogen-bond acceptors (Lipinski definition) is 4. The van der Waals surface area contributed by atoms with Crippen LogP contribution >= 0.6 is 11.8 Å². The fourth-order valence-corrected chi connectivity index (χ4v) is 2.63. The van der Waals surface area contributed by atoms with Crippen LogP contribution in [0.4, 0.5) is 0 Å². The van der Waals surface area contributed by atoms with E-state index in [0.717, 1.165) is 28.6 Å². The normalized spacial score (nSPS) is 11.3. The zero-order valence-electron chi connectivity index (χ0n) is 9.82. The van der Waals surface area contributed by atoms with Crippen LogP contribution < -0.4 is 0 Å². The monoisotopic (exact) mass is 229 g/mol. The molecule has 86 valence electrons. The second-order valence-corrected chi connectivity index (χ2v) is 4.89. The summed E-state index contributed by atoms with van der Waals surface area (Å²) in [5.41, 5.74) is 1.88. The summed E-state index contributed by atoms with van der Waals surface area (Å²) in [6, 6.07) is 0. The Hall–Kier alpha value is -0.520. The van der Waals surface area contributed by atoms with Crippen LogP contribution in [0, 0.1) is 6.92 Å². The number of aromatic nitrogens is 2. The van der Waals surface area contributed by atoms with E-state index in [1.807, 2.05) is 18.7 Å². The van der Waals surface area contributed by atoms with Gasteiger partial charge in [-0.25, -0.2) is 0 Å². The number of aliphatic hydroxyl groups excluding tert-OH is 1. The van der Waals surface area contributed by atoms with E-state index in [4.69, 9.17) is 0 Å². The van der Waals surface area contributed by atoms with Gasteiger partial charge >= 0.3 is 0 Å². The molecule has 1 aromatic heterocycles. The van der Waals surface area contributed by atoms with Crippen molar-refractivity contribution in [3.05, 3.63) is 11.3 Å². The molecule has 0 aromatic carbocycles. The van der Waals surface area contributed by atoms with Gasteiger partial charge in [-0.3, -0.25) is 4.68 Å². The number of aryl methyl sites for hydroxylation is 2. The van der Waals surface area contributed by atoms with Crippen molar-refractivity contribution in [1.29, 1.82) is 0 Å². The third-order valence-corrected chi connectivity index (χ3v) is 3.39. The molecule has 0 amide bonds. The van der Waals surface area contributed by atoms with Crippen LogP contribution in [0.1, 0.15) is 11.3 Å². The van der Waals surface area contributed by atoms with Crippen molar-refractivity contribution in [1.82, 2.24) is 14.7 Å². The topological polar surface area (TPSA) is 41.3 Å². The molecule has 1 N–H and O–H groups in total. The van der Waals surface area contributed by atoms with Gasteiger partial charge in [-0.05, 0) is 21.0 Å². The molecule has 0 atom stereocenters. The molecule has 1 heterocycles. The summed E-state index contributed by atoms with van der Waals surface area (Å²) < 4.78 is 1.85. The number of hydrogen-bond donors (Lipinski definition) is 1. The Morgan fingerprint density at radius 3 is 2.67 bits per heavy atom. The maximum absolute atomic E-state index is 9.24. The Labute approximate surface area is 95.3 Å². The first kappa shape index (κ1) is 12.5. The highest BCUT2D eigenvalue weighted by Crippen LogP contribution is 2.24. The van der Waals surface area contributed by atoms with E-state index >= 15 is 0 Å². The van der Waals surface area contributed by atoms with Crippen LogP contribution in [0.2, 0.25) is 0 Å².